The van der Waals surface area contributed by atoms with E-state index in [1.807, 2.05) is 0 Å². The zero-order chi connectivity index (χ0) is 21.7. The molecule has 0 amide bonds. The fourth-order valence-electron chi connectivity index (χ4n) is 10.6. The summed E-state index contributed by atoms with van der Waals surface area (Å²) in [4.78, 5) is 2.81. The van der Waals surface area contributed by atoms with Gasteiger partial charge in [0.15, 0.2) is 0 Å². The van der Waals surface area contributed by atoms with Gasteiger partial charge in [-0.15, -0.1) is 0 Å². The molecule has 6 aliphatic rings. The van der Waals surface area contributed by atoms with Crippen LogP contribution in [-0.4, -0.2) is 57.2 Å². The molecule has 2 heterocycles. The Morgan fingerprint density at radius 3 is 2.39 bits per heavy atom. The number of hydrogen-bond acceptors (Lipinski definition) is 4. The monoisotopic (exact) mass is 431 g/mol. The Kier molecular flexibility index (Phi) is 4.94. The van der Waals surface area contributed by atoms with Crippen molar-refractivity contribution in [2.24, 2.45) is 52.8 Å². The second-order valence-corrected chi connectivity index (χ2v) is 13.3. The summed E-state index contributed by atoms with van der Waals surface area (Å²) in [7, 11) is 0. The van der Waals surface area contributed by atoms with Crippen molar-refractivity contribution in [1.82, 2.24) is 4.90 Å². The molecule has 4 saturated carbocycles. The minimum atomic E-state index is -0.579. The topological polar surface area (TPSA) is 63.9 Å². The van der Waals surface area contributed by atoms with Crippen molar-refractivity contribution in [3.63, 3.8) is 0 Å². The molecule has 31 heavy (non-hydrogen) atoms. The van der Waals surface area contributed by atoms with Gasteiger partial charge in [-0.2, -0.15) is 0 Å². The summed E-state index contributed by atoms with van der Waals surface area (Å²) in [6.45, 7) is 9.76. The molecule has 6 rings (SSSR count). The highest BCUT2D eigenvalue weighted by atomic mass is 16.3. The van der Waals surface area contributed by atoms with Crippen LogP contribution in [0.5, 0.6) is 0 Å². The highest BCUT2D eigenvalue weighted by molar-refractivity contribution is 5.17. The van der Waals surface area contributed by atoms with E-state index in [1.165, 1.54) is 32.4 Å². The summed E-state index contributed by atoms with van der Waals surface area (Å²) in [6, 6.07) is 0.760. The number of nitrogens with zero attached hydrogens (tertiary/aromatic N) is 1. The molecule has 0 aromatic heterocycles. The Labute approximate surface area is 188 Å². The lowest BCUT2D eigenvalue weighted by atomic mass is 9.50. The van der Waals surface area contributed by atoms with Crippen LogP contribution >= 0.6 is 0 Å². The molecule has 4 nitrogen and oxygen atoms in total. The van der Waals surface area contributed by atoms with Gasteiger partial charge in [0.2, 0.25) is 0 Å². The average Bonchev–Trinajstić information content (AvgIpc) is 3.03. The van der Waals surface area contributed by atoms with Crippen molar-refractivity contribution in [1.29, 1.82) is 0 Å². The normalized spacial score (nSPS) is 61.5. The van der Waals surface area contributed by atoms with Gasteiger partial charge in [0.05, 0.1) is 17.8 Å². The molecule has 0 bridgehead atoms. The highest BCUT2D eigenvalue weighted by Crippen LogP contribution is 2.68. The summed E-state index contributed by atoms with van der Waals surface area (Å²) in [5.74, 6) is 4.30. The van der Waals surface area contributed by atoms with Gasteiger partial charge in [-0.3, -0.25) is 4.90 Å². The van der Waals surface area contributed by atoms with Gasteiger partial charge in [-0.25, -0.2) is 0 Å². The molecule has 6 fully saturated rings. The predicted molar refractivity (Wildman–Crippen MR) is 121 cm³/mol. The number of fused-ring (bicyclic) bond motifs is 8. The van der Waals surface area contributed by atoms with Crippen LogP contribution in [0, 0.1) is 52.8 Å². The smallest absolute Gasteiger partial charge is 0.0711 e. The molecule has 4 aliphatic carbocycles. The minimum Gasteiger partial charge on any atom is -0.393 e. The van der Waals surface area contributed by atoms with Crippen LogP contribution in [0.25, 0.3) is 0 Å². The maximum absolute atomic E-state index is 12.3. The Bertz CT molecular complexity index is 713. The van der Waals surface area contributed by atoms with Crippen LogP contribution in [0.15, 0.2) is 0 Å². The molecule has 3 N–H and O–H groups in total. The van der Waals surface area contributed by atoms with Gasteiger partial charge >= 0.3 is 0 Å². The zero-order valence-electron chi connectivity index (χ0n) is 19.9. The summed E-state index contributed by atoms with van der Waals surface area (Å²) < 4.78 is 0. The Hall–Kier alpha value is -0.160. The molecule has 0 aromatic rings. The quantitative estimate of drug-likeness (QED) is 0.547. The van der Waals surface area contributed by atoms with E-state index < -0.39 is 5.60 Å². The SMILES string of the molecule is C[C@H]1CC[C@H]2[C@@H](C)[C@H]3CC[C@@]4(O)C5C[C@H](O)[C@H]6C[C@@H](O)CC[C@]6(C)[C@H]5C[C@H]4[C@@H]3CN2C1. The van der Waals surface area contributed by atoms with Gasteiger partial charge in [-0.1, -0.05) is 20.8 Å². The third-order valence-corrected chi connectivity index (χ3v) is 12.1. The lowest BCUT2D eigenvalue weighted by Crippen LogP contribution is -2.62. The van der Waals surface area contributed by atoms with Crippen LogP contribution < -0.4 is 0 Å². The second kappa shape index (κ2) is 7.17. The highest BCUT2D eigenvalue weighted by Gasteiger charge is 2.67. The van der Waals surface area contributed by atoms with Gasteiger partial charge in [0.25, 0.3) is 0 Å². The molecule has 1 unspecified atom stereocenters. The molecule has 0 spiro atoms. The lowest BCUT2D eigenvalue weighted by molar-refractivity contribution is -0.176. The van der Waals surface area contributed by atoms with Crippen molar-refractivity contribution < 1.29 is 15.3 Å². The van der Waals surface area contributed by atoms with Crippen molar-refractivity contribution in [2.75, 3.05) is 13.1 Å². The lowest BCUT2D eigenvalue weighted by Gasteiger charge is -2.59. The van der Waals surface area contributed by atoms with Crippen molar-refractivity contribution in [3.05, 3.63) is 0 Å². The number of rotatable bonds is 0. The van der Waals surface area contributed by atoms with Crippen molar-refractivity contribution in [3.8, 4) is 0 Å². The molecule has 0 radical (unpaired) electrons. The van der Waals surface area contributed by atoms with Crippen LogP contribution in [-0.2, 0) is 0 Å². The van der Waals surface area contributed by atoms with E-state index in [0.29, 0.717) is 17.8 Å². The minimum absolute atomic E-state index is 0.0760. The number of aliphatic hydroxyl groups is 3. The fraction of sp³-hybridized carbons (Fsp3) is 1.00. The van der Waals surface area contributed by atoms with Crippen LogP contribution in [0.4, 0.5) is 0 Å². The third kappa shape index (κ3) is 2.93. The largest absolute Gasteiger partial charge is 0.393 e. The predicted octanol–water partition coefficient (Wildman–Crippen LogP) is 3.68. The summed E-state index contributed by atoms with van der Waals surface area (Å²) in [6.07, 6.45) is 8.78. The Morgan fingerprint density at radius 2 is 1.58 bits per heavy atom. The maximum Gasteiger partial charge on any atom is 0.0711 e. The van der Waals surface area contributed by atoms with E-state index in [0.717, 1.165) is 62.3 Å². The van der Waals surface area contributed by atoms with E-state index in [-0.39, 0.29) is 29.5 Å². The van der Waals surface area contributed by atoms with Gasteiger partial charge < -0.3 is 15.3 Å². The zero-order valence-corrected chi connectivity index (χ0v) is 19.9. The van der Waals surface area contributed by atoms with Gasteiger partial charge in [-0.05, 0) is 111 Å². The molecule has 4 heteroatoms. The molecule has 13 atom stereocenters. The molecule has 0 aromatic carbocycles. The van der Waals surface area contributed by atoms with Crippen LogP contribution in [0.3, 0.4) is 0 Å². The Balaban J connectivity index is 1.32. The van der Waals surface area contributed by atoms with E-state index >= 15 is 0 Å². The fourth-order valence-corrected chi connectivity index (χ4v) is 10.6. The molecular formula is C27H45NO3. The van der Waals surface area contributed by atoms with Crippen molar-refractivity contribution >= 4 is 0 Å². The van der Waals surface area contributed by atoms with E-state index in [9.17, 15) is 15.3 Å². The van der Waals surface area contributed by atoms with Gasteiger partial charge in [0.1, 0.15) is 0 Å². The first kappa shape index (κ1) is 21.4. The standard InChI is InChI=1S/C27H45NO3/c1-15-4-5-24-16(2)18-7-9-27(31)20(19(18)14-28(24)13-15)11-21-22(27)12-25(30)23-10-17(29)6-8-26(21,23)3/h15-25,29-31H,4-14H2,1-3H3/t15-,16-,17-,18+,19+,20-,21-,22?,23+,24-,25-,26+,27-/m0/s1. The van der Waals surface area contributed by atoms with E-state index in [4.69, 9.17) is 0 Å². The summed E-state index contributed by atoms with van der Waals surface area (Å²) in [5.41, 5.74) is -0.503. The first-order valence-corrected chi connectivity index (χ1v) is 13.5. The average molecular weight is 432 g/mol. The number of hydrogen-bond donors (Lipinski definition) is 3. The summed E-state index contributed by atoms with van der Waals surface area (Å²) >= 11 is 0. The number of aliphatic hydroxyl groups excluding tert-OH is 2. The van der Waals surface area contributed by atoms with E-state index in [1.54, 1.807) is 0 Å². The second-order valence-electron chi connectivity index (χ2n) is 13.3. The Morgan fingerprint density at radius 1 is 0.774 bits per heavy atom. The summed E-state index contributed by atoms with van der Waals surface area (Å²) in [5, 5.41) is 33.8. The first-order valence-electron chi connectivity index (χ1n) is 13.5. The van der Waals surface area contributed by atoms with Gasteiger partial charge in [0, 0.05) is 19.1 Å². The first-order chi connectivity index (χ1) is 14.7. The molecule has 2 aliphatic heterocycles. The maximum atomic E-state index is 12.3. The molecule has 176 valence electrons. The molecular weight excluding hydrogens is 386 g/mol. The molecule has 2 saturated heterocycles. The third-order valence-electron chi connectivity index (χ3n) is 12.1. The van der Waals surface area contributed by atoms with E-state index in [2.05, 4.69) is 25.7 Å². The van der Waals surface area contributed by atoms with Crippen LogP contribution in [0.1, 0.15) is 78.6 Å². The van der Waals surface area contributed by atoms with Crippen molar-refractivity contribution in [2.45, 2.75) is 102 Å². The van der Waals surface area contributed by atoms with Crippen LogP contribution in [0.2, 0.25) is 0 Å². The number of piperidine rings is 2.